The summed E-state index contributed by atoms with van der Waals surface area (Å²) in [5, 5.41) is 0. The second kappa shape index (κ2) is 4.39. The fourth-order valence-electron chi connectivity index (χ4n) is 1.79. The SMILES string of the molecule is CCc1cc(-c2cnc(C)[nH]2)ccc1OC. The molecule has 0 spiro atoms. The van der Waals surface area contributed by atoms with Crippen molar-refractivity contribution in [1.29, 1.82) is 0 Å². The van der Waals surface area contributed by atoms with E-state index < -0.39 is 0 Å². The Kier molecular flexibility index (Phi) is 2.95. The van der Waals surface area contributed by atoms with Gasteiger partial charge in [0.15, 0.2) is 0 Å². The van der Waals surface area contributed by atoms with Crippen LogP contribution < -0.4 is 4.74 Å². The van der Waals surface area contributed by atoms with Crippen LogP contribution >= 0.6 is 0 Å². The standard InChI is InChI=1S/C13H16N2O/c1-4-10-7-11(5-6-13(10)16-3)12-8-14-9(2)15-12/h5-8H,4H2,1-3H3,(H,14,15). The maximum absolute atomic E-state index is 5.31. The van der Waals surface area contributed by atoms with Crippen LogP contribution in [0.1, 0.15) is 18.3 Å². The number of benzene rings is 1. The molecule has 3 heteroatoms. The largest absolute Gasteiger partial charge is 0.496 e. The van der Waals surface area contributed by atoms with Crippen LogP contribution in [0.15, 0.2) is 24.4 Å². The summed E-state index contributed by atoms with van der Waals surface area (Å²) in [5.74, 6) is 1.88. The van der Waals surface area contributed by atoms with E-state index >= 15 is 0 Å². The van der Waals surface area contributed by atoms with E-state index in [-0.39, 0.29) is 0 Å². The molecule has 3 nitrogen and oxygen atoms in total. The summed E-state index contributed by atoms with van der Waals surface area (Å²) < 4.78 is 5.31. The minimum Gasteiger partial charge on any atom is -0.496 e. The van der Waals surface area contributed by atoms with E-state index in [0.29, 0.717) is 0 Å². The van der Waals surface area contributed by atoms with Crippen LogP contribution in [-0.4, -0.2) is 17.1 Å². The Morgan fingerprint density at radius 2 is 2.19 bits per heavy atom. The summed E-state index contributed by atoms with van der Waals surface area (Å²) in [6.07, 6.45) is 2.82. The highest BCUT2D eigenvalue weighted by Crippen LogP contribution is 2.25. The van der Waals surface area contributed by atoms with E-state index in [1.54, 1.807) is 7.11 Å². The molecule has 0 aliphatic rings. The predicted molar refractivity (Wildman–Crippen MR) is 64.7 cm³/mol. The van der Waals surface area contributed by atoms with E-state index in [4.69, 9.17) is 4.74 Å². The third-order valence-corrected chi connectivity index (χ3v) is 2.68. The van der Waals surface area contributed by atoms with Crippen molar-refractivity contribution in [2.24, 2.45) is 0 Å². The van der Waals surface area contributed by atoms with Gasteiger partial charge in [-0.15, -0.1) is 0 Å². The number of nitrogens with one attached hydrogen (secondary N) is 1. The van der Waals surface area contributed by atoms with Crippen molar-refractivity contribution in [2.45, 2.75) is 20.3 Å². The maximum atomic E-state index is 5.31. The first-order chi connectivity index (χ1) is 7.74. The highest BCUT2D eigenvalue weighted by molar-refractivity contribution is 5.61. The van der Waals surface area contributed by atoms with Gasteiger partial charge >= 0.3 is 0 Å². The molecule has 0 saturated carbocycles. The Morgan fingerprint density at radius 1 is 1.38 bits per heavy atom. The fourth-order valence-corrected chi connectivity index (χ4v) is 1.79. The van der Waals surface area contributed by atoms with Gasteiger partial charge in [0.05, 0.1) is 19.0 Å². The van der Waals surface area contributed by atoms with E-state index in [1.165, 1.54) is 5.56 Å². The molecule has 0 saturated heterocycles. The molecule has 0 amide bonds. The number of imidazole rings is 1. The molecule has 1 aromatic carbocycles. The number of aryl methyl sites for hydroxylation is 2. The van der Waals surface area contributed by atoms with Crippen molar-refractivity contribution >= 4 is 0 Å². The lowest BCUT2D eigenvalue weighted by molar-refractivity contribution is 0.410. The number of rotatable bonds is 3. The van der Waals surface area contributed by atoms with Gasteiger partial charge in [-0.25, -0.2) is 4.98 Å². The third-order valence-electron chi connectivity index (χ3n) is 2.68. The van der Waals surface area contributed by atoms with Crippen LogP contribution in [0.4, 0.5) is 0 Å². The number of nitrogens with zero attached hydrogens (tertiary/aromatic N) is 1. The Labute approximate surface area is 95.5 Å². The van der Waals surface area contributed by atoms with Gasteiger partial charge in [-0.2, -0.15) is 0 Å². The highest BCUT2D eigenvalue weighted by Gasteiger charge is 2.05. The molecule has 0 atom stereocenters. The van der Waals surface area contributed by atoms with E-state index in [9.17, 15) is 0 Å². The zero-order valence-electron chi connectivity index (χ0n) is 9.87. The Hall–Kier alpha value is -1.77. The van der Waals surface area contributed by atoms with Crippen LogP contribution in [0.3, 0.4) is 0 Å². The average molecular weight is 216 g/mol. The summed E-state index contributed by atoms with van der Waals surface area (Å²) in [4.78, 5) is 7.43. The summed E-state index contributed by atoms with van der Waals surface area (Å²) in [6.45, 7) is 4.08. The molecule has 2 rings (SSSR count). The number of H-pyrrole nitrogens is 1. The number of aromatic nitrogens is 2. The second-order valence-electron chi connectivity index (χ2n) is 3.76. The van der Waals surface area contributed by atoms with Crippen LogP contribution in [0.5, 0.6) is 5.75 Å². The topological polar surface area (TPSA) is 37.9 Å². The normalized spacial score (nSPS) is 10.4. The van der Waals surface area contributed by atoms with Gasteiger partial charge < -0.3 is 9.72 Å². The fraction of sp³-hybridized carbons (Fsp3) is 0.308. The quantitative estimate of drug-likeness (QED) is 0.856. The van der Waals surface area contributed by atoms with Gasteiger partial charge in [0, 0.05) is 5.56 Å². The summed E-state index contributed by atoms with van der Waals surface area (Å²) >= 11 is 0. The number of hydrogen-bond acceptors (Lipinski definition) is 2. The number of hydrogen-bond donors (Lipinski definition) is 1. The Bertz CT molecular complexity index is 488. The van der Waals surface area contributed by atoms with Crippen molar-refractivity contribution in [2.75, 3.05) is 7.11 Å². The lowest BCUT2D eigenvalue weighted by atomic mass is 10.1. The molecule has 0 fully saturated rings. The first-order valence-electron chi connectivity index (χ1n) is 5.43. The lowest BCUT2D eigenvalue weighted by Crippen LogP contribution is -1.91. The van der Waals surface area contributed by atoms with E-state index in [1.807, 2.05) is 25.3 Å². The molecular formula is C13H16N2O. The number of methoxy groups -OCH3 is 1. The van der Waals surface area contributed by atoms with Gasteiger partial charge in [-0.05, 0) is 37.1 Å². The monoisotopic (exact) mass is 216 g/mol. The molecule has 1 N–H and O–H groups in total. The molecule has 0 bridgehead atoms. The van der Waals surface area contributed by atoms with Gasteiger partial charge in [0.25, 0.3) is 0 Å². The van der Waals surface area contributed by atoms with Crippen molar-refractivity contribution in [1.82, 2.24) is 9.97 Å². The van der Waals surface area contributed by atoms with Crippen LogP contribution in [-0.2, 0) is 6.42 Å². The van der Waals surface area contributed by atoms with Crippen molar-refractivity contribution < 1.29 is 4.74 Å². The molecular weight excluding hydrogens is 200 g/mol. The summed E-state index contributed by atoms with van der Waals surface area (Å²) in [6, 6.07) is 6.20. The number of aromatic amines is 1. The maximum Gasteiger partial charge on any atom is 0.122 e. The lowest BCUT2D eigenvalue weighted by Gasteiger charge is -2.08. The molecule has 16 heavy (non-hydrogen) atoms. The molecule has 84 valence electrons. The van der Waals surface area contributed by atoms with Gasteiger partial charge in [0.1, 0.15) is 11.6 Å². The van der Waals surface area contributed by atoms with Crippen LogP contribution in [0.25, 0.3) is 11.3 Å². The molecule has 2 aromatic rings. The Morgan fingerprint density at radius 3 is 2.75 bits per heavy atom. The molecule has 1 heterocycles. The Balaban J connectivity index is 2.43. The molecule has 0 unspecified atom stereocenters. The van der Waals surface area contributed by atoms with E-state index in [2.05, 4.69) is 23.0 Å². The summed E-state index contributed by atoms with van der Waals surface area (Å²) in [5.41, 5.74) is 3.42. The summed E-state index contributed by atoms with van der Waals surface area (Å²) in [7, 11) is 1.70. The molecule has 0 aliphatic carbocycles. The zero-order chi connectivity index (χ0) is 11.5. The van der Waals surface area contributed by atoms with Crippen LogP contribution in [0, 0.1) is 6.92 Å². The van der Waals surface area contributed by atoms with Gasteiger partial charge in [0.2, 0.25) is 0 Å². The average Bonchev–Trinajstić information content (AvgIpc) is 2.75. The minimum atomic E-state index is 0.934. The minimum absolute atomic E-state index is 0.934. The van der Waals surface area contributed by atoms with Gasteiger partial charge in [-0.3, -0.25) is 0 Å². The first-order valence-corrected chi connectivity index (χ1v) is 5.43. The van der Waals surface area contributed by atoms with Crippen LogP contribution in [0.2, 0.25) is 0 Å². The highest BCUT2D eigenvalue weighted by atomic mass is 16.5. The van der Waals surface area contributed by atoms with Gasteiger partial charge in [-0.1, -0.05) is 6.92 Å². The number of ether oxygens (including phenoxy) is 1. The zero-order valence-corrected chi connectivity index (χ0v) is 9.87. The molecule has 0 radical (unpaired) electrons. The molecule has 1 aromatic heterocycles. The van der Waals surface area contributed by atoms with Crippen molar-refractivity contribution in [3.63, 3.8) is 0 Å². The smallest absolute Gasteiger partial charge is 0.122 e. The third kappa shape index (κ3) is 1.94. The second-order valence-corrected chi connectivity index (χ2v) is 3.76. The van der Waals surface area contributed by atoms with E-state index in [0.717, 1.165) is 29.3 Å². The van der Waals surface area contributed by atoms with Crippen molar-refractivity contribution in [3.8, 4) is 17.0 Å². The predicted octanol–water partition coefficient (Wildman–Crippen LogP) is 2.96. The molecule has 0 aliphatic heterocycles. The first kappa shape index (κ1) is 10.7. The van der Waals surface area contributed by atoms with Crippen molar-refractivity contribution in [3.05, 3.63) is 35.8 Å².